The van der Waals surface area contributed by atoms with E-state index >= 15 is 0 Å². The minimum absolute atomic E-state index is 0.108. The van der Waals surface area contributed by atoms with Crippen molar-refractivity contribution in [2.24, 2.45) is 0 Å². The Balaban J connectivity index is 1.44. The molecule has 1 aliphatic rings. The van der Waals surface area contributed by atoms with Crippen molar-refractivity contribution in [2.75, 3.05) is 18.5 Å². The lowest BCUT2D eigenvalue weighted by molar-refractivity contribution is 0.0858. The first-order chi connectivity index (χ1) is 13.1. The van der Waals surface area contributed by atoms with Crippen molar-refractivity contribution in [1.29, 1.82) is 0 Å². The van der Waals surface area contributed by atoms with E-state index in [1.54, 1.807) is 36.7 Å². The van der Waals surface area contributed by atoms with Crippen molar-refractivity contribution in [3.8, 4) is 0 Å². The number of nitrogens with one attached hydrogen (secondary N) is 3. The Bertz CT molecular complexity index is 771. The fraction of sp³-hybridized carbons (Fsp3) is 0.368. The Kier molecular flexibility index (Phi) is 6.32. The number of aryl methyl sites for hydroxylation is 1. The molecular formula is C19H23N5O3. The monoisotopic (exact) mass is 369 g/mol. The maximum atomic E-state index is 12.1. The third-order valence-corrected chi connectivity index (χ3v) is 4.18. The van der Waals surface area contributed by atoms with Crippen molar-refractivity contribution in [1.82, 2.24) is 20.6 Å². The molecule has 3 amide bonds. The Hall–Kier alpha value is -3.00. The molecular weight excluding hydrogens is 346 g/mol. The van der Waals surface area contributed by atoms with Crippen LogP contribution in [0.4, 0.5) is 10.5 Å². The highest BCUT2D eigenvalue weighted by Crippen LogP contribution is 2.12. The topological polar surface area (TPSA) is 105 Å². The summed E-state index contributed by atoms with van der Waals surface area (Å²) in [5, 5.41) is 8.29. The van der Waals surface area contributed by atoms with E-state index in [1.165, 1.54) is 0 Å². The van der Waals surface area contributed by atoms with Crippen molar-refractivity contribution < 1.29 is 14.3 Å². The SMILES string of the molecule is Cc1cnc(CNC(=O)Nc2ccc(C(=O)NC[C@H]3CCCO3)cc2)cn1. The molecule has 2 heterocycles. The average Bonchev–Trinajstić information content (AvgIpc) is 3.20. The van der Waals surface area contributed by atoms with Gasteiger partial charge in [0, 0.05) is 30.6 Å². The zero-order valence-electron chi connectivity index (χ0n) is 15.2. The van der Waals surface area contributed by atoms with E-state index in [-0.39, 0.29) is 24.6 Å². The van der Waals surface area contributed by atoms with E-state index in [0.29, 0.717) is 23.5 Å². The number of ether oxygens (including phenoxy) is 1. The molecule has 0 radical (unpaired) electrons. The van der Waals surface area contributed by atoms with Crippen molar-refractivity contribution in [2.45, 2.75) is 32.4 Å². The summed E-state index contributed by atoms with van der Waals surface area (Å²) in [6, 6.07) is 6.36. The summed E-state index contributed by atoms with van der Waals surface area (Å²) in [5.41, 5.74) is 2.63. The van der Waals surface area contributed by atoms with Gasteiger partial charge >= 0.3 is 6.03 Å². The quantitative estimate of drug-likeness (QED) is 0.722. The first-order valence-electron chi connectivity index (χ1n) is 8.92. The summed E-state index contributed by atoms with van der Waals surface area (Å²) in [6.45, 7) is 3.41. The second-order valence-corrected chi connectivity index (χ2v) is 6.38. The summed E-state index contributed by atoms with van der Waals surface area (Å²) in [5.74, 6) is -0.153. The highest BCUT2D eigenvalue weighted by molar-refractivity contribution is 5.95. The van der Waals surface area contributed by atoms with E-state index in [0.717, 1.165) is 25.1 Å². The molecule has 27 heavy (non-hydrogen) atoms. The van der Waals surface area contributed by atoms with E-state index in [9.17, 15) is 9.59 Å². The summed E-state index contributed by atoms with van der Waals surface area (Å²) in [7, 11) is 0. The van der Waals surface area contributed by atoms with E-state index < -0.39 is 0 Å². The van der Waals surface area contributed by atoms with E-state index in [2.05, 4.69) is 25.9 Å². The third kappa shape index (κ3) is 5.75. The van der Waals surface area contributed by atoms with Gasteiger partial charge < -0.3 is 20.7 Å². The fourth-order valence-electron chi connectivity index (χ4n) is 2.68. The number of amides is 3. The van der Waals surface area contributed by atoms with Crippen LogP contribution in [0.15, 0.2) is 36.7 Å². The lowest BCUT2D eigenvalue weighted by Crippen LogP contribution is -2.31. The maximum Gasteiger partial charge on any atom is 0.319 e. The van der Waals surface area contributed by atoms with Gasteiger partial charge in [-0.25, -0.2) is 4.79 Å². The Labute approximate surface area is 157 Å². The Morgan fingerprint density at radius 2 is 1.96 bits per heavy atom. The van der Waals surface area contributed by atoms with Crippen LogP contribution < -0.4 is 16.0 Å². The summed E-state index contributed by atoms with van der Waals surface area (Å²) in [6.07, 6.45) is 5.40. The number of nitrogens with zero attached hydrogens (tertiary/aromatic N) is 2. The number of benzene rings is 1. The number of hydrogen-bond donors (Lipinski definition) is 3. The van der Waals surface area contributed by atoms with Crippen LogP contribution in [0.25, 0.3) is 0 Å². The van der Waals surface area contributed by atoms with Gasteiger partial charge in [0.05, 0.1) is 30.2 Å². The van der Waals surface area contributed by atoms with Crippen LogP contribution in [-0.4, -0.2) is 41.2 Å². The molecule has 3 N–H and O–H groups in total. The van der Waals surface area contributed by atoms with Crippen molar-refractivity contribution in [3.05, 3.63) is 53.6 Å². The molecule has 0 aliphatic carbocycles. The summed E-state index contributed by atoms with van der Waals surface area (Å²) < 4.78 is 5.49. The first-order valence-corrected chi connectivity index (χ1v) is 8.92. The largest absolute Gasteiger partial charge is 0.376 e. The molecule has 0 bridgehead atoms. The molecule has 142 valence electrons. The van der Waals surface area contributed by atoms with Gasteiger partial charge in [0.2, 0.25) is 0 Å². The highest BCUT2D eigenvalue weighted by Gasteiger charge is 2.16. The number of carbonyl (C=O) groups is 2. The van der Waals surface area contributed by atoms with Gasteiger partial charge in [-0.1, -0.05) is 0 Å². The summed E-state index contributed by atoms with van der Waals surface area (Å²) >= 11 is 0. The van der Waals surface area contributed by atoms with Crippen LogP contribution in [0.1, 0.15) is 34.6 Å². The molecule has 0 unspecified atom stereocenters. The number of hydrogen-bond acceptors (Lipinski definition) is 5. The summed E-state index contributed by atoms with van der Waals surface area (Å²) in [4.78, 5) is 32.4. The number of aromatic nitrogens is 2. The molecule has 8 nitrogen and oxygen atoms in total. The molecule has 1 atom stereocenters. The number of urea groups is 1. The second-order valence-electron chi connectivity index (χ2n) is 6.38. The van der Waals surface area contributed by atoms with Gasteiger partial charge in [-0.05, 0) is 44.0 Å². The van der Waals surface area contributed by atoms with E-state index in [4.69, 9.17) is 4.74 Å². The fourth-order valence-corrected chi connectivity index (χ4v) is 2.68. The van der Waals surface area contributed by atoms with Crippen LogP contribution in [0.2, 0.25) is 0 Å². The smallest absolute Gasteiger partial charge is 0.319 e. The van der Waals surface area contributed by atoms with Gasteiger partial charge in [0.1, 0.15) is 0 Å². The maximum absolute atomic E-state index is 12.1. The van der Waals surface area contributed by atoms with Gasteiger partial charge in [-0.15, -0.1) is 0 Å². The molecule has 2 aromatic rings. The van der Waals surface area contributed by atoms with Crippen molar-refractivity contribution >= 4 is 17.6 Å². The van der Waals surface area contributed by atoms with Crippen molar-refractivity contribution in [3.63, 3.8) is 0 Å². The minimum atomic E-state index is -0.354. The molecule has 1 saturated heterocycles. The number of anilines is 1. The number of carbonyl (C=O) groups excluding carboxylic acids is 2. The zero-order chi connectivity index (χ0) is 19.1. The van der Waals surface area contributed by atoms with Crippen LogP contribution in [0.5, 0.6) is 0 Å². The average molecular weight is 369 g/mol. The van der Waals surface area contributed by atoms with Gasteiger partial charge in [-0.2, -0.15) is 0 Å². The predicted octanol–water partition coefficient (Wildman–Crippen LogP) is 2.02. The minimum Gasteiger partial charge on any atom is -0.376 e. The lowest BCUT2D eigenvalue weighted by Gasteiger charge is -2.11. The van der Waals surface area contributed by atoms with Gasteiger partial charge in [0.15, 0.2) is 0 Å². The standard InChI is InChI=1S/C19H23N5O3/c1-13-9-21-16(10-20-13)11-23-19(26)24-15-6-4-14(5-7-15)18(25)22-12-17-3-2-8-27-17/h4-7,9-10,17H,2-3,8,11-12H2,1H3,(H,22,25)(H2,23,24,26)/t17-/m1/s1. The molecule has 1 aromatic heterocycles. The molecule has 1 aromatic carbocycles. The van der Waals surface area contributed by atoms with Crippen LogP contribution in [0.3, 0.4) is 0 Å². The van der Waals surface area contributed by atoms with Gasteiger partial charge in [0.25, 0.3) is 5.91 Å². The van der Waals surface area contributed by atoms with E-state index in [1.807, 2.05) is 6.92 Å². The predicted molar refractivity (Wildman–Crippen MR) is 100 cm³/mol. The molecule has 3 rings (SSSR count). The van der Waals surface area contributed by atoms with Gasteiger partial charge in [-0.3, -0.25) is 14.8 Å². The third-order valence-electron chi connectivity index (χ3n) is 4.18. The Morgan fingerprint density at radius 1 is 1.15 bits per heavy atom. The molecule has 0 saturated carbocycles. The van der Waals surface area contributed by atoms with Crippen LogP contribution in [0, 0.1) is 6.92 Å². The highest BCUT2D eigenvalue weighted by atomic mass is 16.5. The molecule has 1 fully saturated rings. The zero-order valence-corrected chi connectivity index (χ0v) is 15.2. The molecule has 0 spiro atoms. The molecule has 8 heteroatoms. The Morgan fingerprint density at radius 3 is 2.63 bits per heavy atom. The molecule has 1 aliphatic heterocycles. The number of rotatable bonds is 6. The van der Waals surface area contributed by atoms with Crippen LogP contribution in [-0.2, 0) is 11.3 Å². The normalized spacial score (nSPS) is 16.0. The van der Waals surface area contributed by atoms with Crippen LogP contribution >= 0.6 is 0 Å². The first kappa shape index (κ1) is 18.8. The lowest BCUT2D eigenvalue weighted by atomic mass is 10.2. The second kappa shape index (κ2) is 9.09.